The molecule has 1 heterocycles. The molecule has 0 spiro atoms. The molecule has 3 N–H and O–H groups in total. The average Bonchev–Trinajstić information content (AvgIpc) is 3.19. The number of esters is 1. The number of anilines is 1. The molecule has 1 aromatic carbocycles. The maximum absolute atomic E-state index is 12.4. The fourth-order valence-corrected chi connectivity index (χ4v) is 4.27. The van der Waals surface area contributed by atoms with Gasteiger partial charge in [0.15, 0.2) is 6.61 Å². The second-order valence-corrected chi connectivity index (χ2v) is 7.03. The number of primary amides is 1. The van der Waals surface area contributed by atoms with Crippen LogP contribution in [0, 0.1) is 0 Å². The second kappa shape index (κ2) is 8.34. The van der Waals surface area contributed by atoms with Gasteiger partial charge in [0.1, 0.15) is 16.3 Å². The van der Waals surface area contributed by atoms with Crippen molar-refractivity contribution in [3.05, 3.63) is 45.8 Å². The first-order chi connectivity index (χ1) is 13.4. The summed E-state index contributed by atoms with van der Waals surface area (Å²) >= 11 is 1.27. The molecule has 0 fully saturated rings. The monoisotopic (exact) mass is 410 g/mol. The highest BCUT2D eigenvalue weighted by Crippen LogP contribution is 2.38. The number of aryl methyl sites for hydroxylation is 1. The van der Waals surface area contributed by atoms with Gasteiger partial charge in [0.05, 0.1) is 5.56 Å². The van der Waals surface area contributed by atoms with Crippen LogP contribution in [0.4, 0.5) is 13.8 Å². The Bertz CT molecular complexity index is 929. The molecular weight excluding hydrogens is 394 g/mol. The van der Waals surface area contributed by atoms with E-state index in [2.05, 4.69) is 10.1 Å². The number of thiophene rings is 1. The third-order valence-corrected chi connectivity index (χ3v) is 5.29. The Morgan fingerprint density at radius 1 is 1.21 bits per heavy atom. The topological polar surface area (TPSA) is 108 Å². The number of hydrogen-bond acceptors (Lipinski definition) is 6. The molecular formula is C18H16F2N2O5S. The zero-order valence-electron chi connectivity index (χ0n) is 14.5. The van der Waals surface area contributed by atoms with Crippen molar-refractivity contribution < 1.29 is 32.6 Å². The highest BCUT2D eigenvalue weighted by Gasteiger charge is 2.26. The number of benzene rings is 1. The van der Waals surface area contributed by atoms with E-state index in [0.29, 0.717) is 5.00 Å². The van der Waals surface area contributed by atoms with Crippen LogP contribution in [0.25, 0.3) is 0 Å². The molecule has 0 atom stereocenters. The van der Waals surface area contributed by atoms with Gasteiger partial charge < -0.3 is 20.5 Å². The molecule has 2 aromatic rings. The van der Waals surface area contributed by atoms with Gasteiger partial charge in [0, 0.05) is 4.88 Å². The number of nitrogens with two attached hydrogens (primary N) is 1. The lowest BCUT2D eigenvalue weighted by Gasteiger charge is -2.10. The van der Waals surface area contributed by atoms with Crippen LogP contribution in [0.2, 0.25) is 0 Å². The maximum Gasteiger partial charge on any atom is 0.387 e. The third-order valence-electron chi connectivity index (χ3n) is 4.08. The molecule has 0 radical (unpaired) electrons. The lowest BCUT2D eigenvalue weighted by molar-refractivity contribution is -0.119. The largest absolute Gasteiger partial charge is 0.452 e. The van der Waals surface area contributed by atoms with Gasteiger partial charge in [-0.1, -0.05) is 12.1 Å². The van der Waals surface area contributed by atoms with Crippen LogP contribution in [-0.2, 0) is 22.4 Å². The van der Waals surface area contributed by atoms with Gasteiger partial charge in [-0.25, -0.2) is 4.79 Å². The molecule has 1 aliphatic carbocycles. The van der Waals surface area contributed by atoms with Crippen LogP contribution in [0.1, 0.15) is 37.6 Å². The number of hydrogen-bond donors (Lipinski definition) is 2. The maximum atomic E-state index is 12.4. The number of para-hydroxylation sites is 1. The van der Waals surface area contributed by atoms with Crippen LogP contribution in [0.15, 0.2) is 24.3 Å². The molecule has 148 valence electrons. The number of carbonyl (C=O) groups is 3. The fourth-order valence-electron chi connectivity index (χ4n) is 2.96. The van der Waals surface area contributed by atoms with Crippen LogP contribution in [0.5, 0.6) is 5.75 Å². The van der Waals surface area contributed by atoms with E-state index in [4.69, 9.17) is 10.5 Å². The van der Waals surface area contributed by atoms with Crippen molar-refractivity contribution in [3.63, 3.8) is 0 Å². The van der Waals surface area contributed by atoms with Crippen LogP contribution in [0.3, 0.4) is 0 Å². The summed E-state index contributed by atoms with van der Waals surface area (Å²) in [6.45, 7) is -3.77. The highest BCUT2D eigenvalue weighted by atomic mass is 32.1. The number of ether oxygens (including phenoxy) is 2. The summed E-state index contributed by atoms with van der Waals surface area (Å²) in [6, 6.07) is 5.30. The highest BCUT2D eigenvalue weighted by molar-refractivity contribution is 7.17. The number of rotatable bonds is 7. The molecule has 0 saturated carbocycles. The summed E-state index contributed by atoms with van der Waals surface area (Å²) in [6.07, 6.45) is 2.45. The molecule has 1 aromatic heterocycles. The van der Waals surface area contributed by atoms with Gasteiger partial charge in [-0.2, -0.15) is 8.78 Å². The summed E-state index contributed by atoms with van der Waals surface area (Å²) in [4.78, 5) is 36.9. The van der Waals surface area contributed by atoms with Crippen molar-refractivity contribution in [2.75, 3.05) is 11.9 Å². The van der Waals surface area contributed by atoms with Crippen molar-refractivity contribution in [1.82, 2.24) is 0 Å². The first-order valence-corrected chi connectivity index (χ1v) is 9.13. The molecule has 0 aliphatic heterocycles. The minimum absolute atomic E-state index is 0.233. The normalized spacial score (nSPS) is 12.5. The van der Waals surface area contributed by atoms with E-state index in [1.165, 1.54) is 35.6 Å². The SMILES string of the molecule is NC(=O)c1c(NC(=O)COC(=O)c2ccccc2OC(F)F)sc2c1CCC2. The average molecular weight is 410 g/mol. The third kappa shape index (κ3) is 4.28. The Labute approximate surface area is 162 Å². The van der Waals surface area contributed by atoms with Crippen LogP contribution < -0.4 is 15.8 Å². The summed E-state index contributed by atoms with van der Waals surface area (Å²) in [5, 5.41) is 2.84. The lowest BCUT2D eigenvalue weighted by atomic mass is 10.1. The van der Waals surface area contributed by atoms with E-state index in [0.717, 1.165) is 29.7 Å². The van der Waals surface area contributed by atoms with E-state index in [1.807, 2.05) is 0 Å². The quantitative estimate of drug-likeness (QED) is 0.683. The first kappa shape index (κ1) is 19.7. The van der Waals surface area contributed by atoms with Crippen LogP contribution >= 0.6 is 11.3 Å². The Kier molecular flexibility index (Phi) is 5.88. The van der Waals surface area contributed by atoms with E-state index >= 15 is 0 Å². The number of alkyl halides is 2. The summed E-state index contributed by atoms with van der Waals surface area (Å²) < 4.78 is 34.0. The van der Waals surface area contributed by atoms with E-state index in [-0.39, 0.29) is 16.9 Å². The lowest BCUT2D eigenvalue weighted by Crippen LogP contribution is -2.23. The molecule has 0 bridgehead atoms. The Balaban J connectivity index is 1.64. The van der Waals surface area contributed by atoms with Gasteiger partial charge in [0.25, 0.3) is 11.8 Å². The molecule has 2 amide bonds. The molecule has 7 nitrogen and oxygen atoms in total. The van der Waals surface area contributed by atoms with E-state index in [1.54, 1.807) is 0 Å². The summed E-state index contributed by atoms with van der Waals surface area (Å²) in [5.41, 5.74) is 6.32. The zero-order chi connectivity index (χ0) is 20.3. The minimum Gasteiger partial charge on any atom is -0.452 e. The first-order valence-electron chi connectivity index (χ1n) is 8.32. The number of halogens is 2. The number of carbonyl (C=O) groups excluding carboxylic acids is 3. The molecule has 3 rings (SSSR count). The predicted molar refractivity (Wildman–Crippen MR) is 96.8 cm³/mol. The predicted octanol–water partition coefficient (Wildman–Crippen LogP) is 2.73. The van der Waals surface area contributed by atoms with E-state index < -0.39 is 31.0 Å². The fraction of sp³-hybridized carbons (Fsp3) is 0.278. The Morgan fingerprint density at radius 2 is 1.96 bits per heavy atom. The van der Waals surface area contributed by atoms with Crippen molar-refractivity contribution in [1.29, 1.82) is 0 Å². The molecule has 10 heteroatoms. The van der Waals surface area contributed by atoms with Gasteiger partial charge in [0.2, 0.25) is 0 Å². The van der Waals surface area contributed by atoms with Crippen LogP contribution in [-0.4, -0.2) is 31.0 Å². The zero-order valence-corrected chi connectivity index (χ0v) is 15.3. The molecule has 1 aliphatic rings. The van der Waals surface area contributed by atoms with Gasteiger partial charge in [-0.15, -0.1) is 11.3 Å². The van der Waals surface area contributed by atoms with Gasteiger partial charge in [-0.05, 0) is 37.0 Å². The smallest absolute Gasteiger partial charge is 0.387 e. The van der Waals surface area contributed by atoms with Crippen molar-refractivity contribution in [3.8, 4) is 5.75 Å². The van der Waals surface area contributed by atoms with Gasteiger partial charge >= 0.3 is 12.6 Å². The summed E-state index contributed by atoms with van der Waals surface area (Å²) in [5.74, 6) is -2.66. The van der Waals surface area contributed by atoms with E-state index in [9.17, 15) is 23.2 Å². The second-order valence-electron chi connectivity index (χ2n) is 5.92. The van der Waals surface area contributed by atoms with Crippen molar-refractivity contribution >= 4 is 34.1 Å². The van der Waals surface area contributed by atoms with Gasteiger partial charge in [-0.3, -0.25) is 9.59 Å². The van der Waals surface area contributed by atoms with Crippen molar-refractivity contribution in [2.24, 2.45) is 5.73 Å². The standard InChI is InChI=1S/C18H16F2N2O5S/c19-18(20)27-11-6-2-1-4-9(11)17(25)26-8-13(23)22-16-14(15(21)24)10-5-3-7-12(10)28-16/h1-2,4,6,18H,3,5,7-8H2,(H2,21,24)(H,22,23). The Hall–Kier alpha value is -3.01. The minimum atomic E-state index is -3.11. The molecule has 0 saturated heterocycles. The number of nitrogens with one attached hydrogen (secondary N) is 1. The van der Waals surface area contributed by atoms with Crippen molar-refractivity contribution in [2.45, 2.75) is 25.9 Å². The molecule has 28 heavy (non-hydrogen) atoms. The number of fused-ring (bicyclic) bond motifs is 1. The summed E-state index contributed by atoms with van der Waals surface area (Å²) in [7, 11) is 0. The number of amides is 2. The Morgan fingerprint density at radius 3 is 2.68 bits per heavy atom. The molecule has 0 unspecified atom stereocenters.